The molecule has 1 N–H and O–H groups in total. The third-order valence-corrected chi connectivity index (χ3v) is 2.63. The van der Waals surface area contributed by atoms with Crippen LogP contribution in [0.2, 0.25) is 0 Å². The van der Waals surface area contributed by atoms with Gasteiger partial charge in [0, 0.05) is 5.56 Å². The number of oxime groups is 1. The largest absolute Gasteiger partial charge is 0.409 e. The SMILES string of the molecule is Cc1cc(C)c(C(=NO)n2ccnn2)c(C)c1. The summed E-state index contributed by atoms with van der Waals surface area (Å²) in [6.07, 6.45) is 3.19. The van der Waals surface area contributed by atoms with E-state index in [1.165, 1.54) is 10.2 Å². The van der Waals surface area contributed by atoms with Gasteiger partial charge in [-0.2, -0.15) is 4.68 Å². The minimum atomic E-state index is 0.387. The van der Waals surface area contributed by atoms with Gasteiger partial charge in [-0.15, -0.1) is 5.10 Å². The summed E-state index contributed by atoms with van der Waals surface area (Å²) in [4.78, 5) is 0. The first-order valence-corrected chi connectivity index (χ1v) is 5.30. The summed E-state index contributed by atoms with van der Waals surface area (Å²) in [6, 6.07) is 4.09. The van der Waals surface area contributed by atoms with E-state index in [1.54, 1.807) is 12.4 Å². The van der Waals surface area contributed by atoms with Crippen molar-refractivity contribution in [1.29, 1.82) is 0 Å². The van der Waals surface area contributed by atoms with Gasteiger partial charge in [-0.1, -0.05) is 28.1 Å². The predicted molar refractivity (Wildman–Crippen MR) is 64.4 cm³/mol. The highest BCUT2D eigenvalue weighted by Crippen LogP contribution is 2.17. The number of rotatable bonds is 1. The Hall–Kier alpha value is -2.17. The summed E-state index contributed by atoms with van der Waals surface area (Å²) in [5, 5.41) is 20.1. The molecular formula is C12H14N4O. The fourth-order valence-corrected chi connectivity index (χ4v) is 2.06. The summed E-state index contributed by atoms with van der Waals surface area (Å²) in [5.41, 5.74) is 4.15. The van der Waals surface area contributed by atoms with E-state index in [2.05, 4.69) is 15.5 Å². The second-order valence-corrected chi connectivity index (χ2v) is 4.04. The zero-order valence-electron chi connectivity index (χ0n) is 10.0. The Morgan fingerprint density at radius 2 is 1.88 bits per heavy atom. The van der Waals surface area contributed by atoms with Crippen molar-refractivity contribution in [2.75, 3.05) is 0 Å². The molecular weight excluding hydrogens is 216 g/mol. The standard InChI is InChI=1S/C12H14N4O/c1-8-6-9(2)11(10(3)7-8)12(14-17)16-5-4-13-15-16/h4-7,17H,1-3H3. The molecule has 0 aliphatic heterocycles. The van der Waals surface area contributed by atoms with Crippen LogP contribution in [0.25, 0.3) is 0 Å². The molecule has 5 heteroatoms. The Bertz CT molecular complexity index is 535. The number of nitrogens with zero attached hydrogens (tertiary/aromatic N) is 4. The molecule has 2 aromatic rings. The molecule has 0 spiro atoms. The molecule has 0 saturated heterocycles. The quantitative estimate of drug-likeness (QED) is 0.352. The maximum absolute atomic E-state index is 9.17. The van der Waals surface area contributed by atoms with Crippen LogP contribution in [0.5, 0.6) is 0 Å². The van der Waals surface area contributed by atoms with E-state index in [-0.39, 0.29) is 0 Å². The molecule has 0 unspecified atom stereocenters. The molecule has 1 aromatic carbocycles. The molecule has 88 valence electrons. The van der Waals surface area contributed by atoms with Gasteiger partial charge in [0.2, 0.25) is 5.84 Å². The minimum absolute atomic E-state index is 0.387. The van der Waals surface area contributed by atoms with E-state index in [0.717, 1.165) is 16.7 Å². The van der Waals surface area contributed by atoms with E-state index >= 15 is 0 Å². The molecule has 2 rings (SSSR count). The van der Waals surface area contributed by atoms with Crippen LogP contribution >= 0.6 is 0 Å². The van der Waals surface area contributed by atoms with Crippen molar-refractivity contribution < 1.29 is 5.21 Å². The molecule has 0 saturated carbocycles. The van der Waals surface area contributed by atoms with E-state index in [9.17, 15) is 0 Å². The van der Waals surface area contributed by atoms with Crippen molar-refractivity contribution >= 4 is 5.84 Å². The third-order valence-electron chi connectivity index (χ3n) is 2.63. The van der Waals surface area contributed by atoms with Crippen molar-refractivity contribution in [3.8, 4) is 0 Å². The lowest BCUT2D eigenvalue weighted by Gasteiger charge is -2.11. The predicted octanol–water partition coefficient (Wildman–Crippen LogP) is 1.89. The van der Waals surface area contributed by atoms with Crippen LogP contribution in [-0.2, 0) is 0 Å². The highest BCUT2D eigenvalue weighted by Gasteiger charge is 2.14. The summed E-state index contributed by atoms with van der Waals surface area (Å²) < 4.78 is 1.45. The smallest absolute Gasteiger partial charge is 0.201 e. The summed E-state index contributed by atoms with van der Waals surface area (Å²) in [6.45, 7) is 6.00. The molecule has 0 amide bonds. The average Bonchev–Trinajstić information content (AvgIpc) is 2.76. The lowest BCUT2D eigenvalue weighted by molar-refractivity contribution is 0.316. The summed E-state index contributed by atoms with van der Waals surface area (Å²) in [5.74, 6) is 0.387. The van der Waals surface area contributed by atoms with Crippen LogP contribution in [-0.4, -0.2) is 26.0 Å². The maximum atomic E-state index is 9.17. The Balaban J connectivity index is 2.61. The zero-order valence-corrected chi connectivity index (χ0v) is 10.0. The number of aromatic nitrogens is 3. The molecule has 0 aliphatic carbocycles. The summed E-state index contributed by atoms with van der Waals surface area (Å²) in [7, 11) is 0. The number of aryl methyl sites for hydroxylation is 3. The average molecular weight is 230 g/mol. The van der Waals surface area contributed by atoms with Crippen LogP contribution in [0.15, 0.2) is 29.7 Å². The lowest BCUT2D eigenvalue weighted by Crippen LogP contribution is -2.17. The first-order chi connectivity index (χ1) is 8.13. The van der Waals surface area contributed by atoms with Gasteiger partial charge in [-0.3, -0.25) is 0 Å². The van der Waals surface area contributed by atoms with Gasteiger partial charge in [0.25, 0.3) is 0 Å². The maximum Gasteiger partial charge on any atom is 0.201 e. The Kier molecular flexibility index (Phi) is 2.91. The number of benzene rings is 1. The fraction of sp³-hybridized carbons (Fsp3) is 0.250. The molecule has 0 aliphatic rings. The van der Waals surface area contributed by atoms with Gasteiger partial charge in [0.1, 0.15) is 0 Å². The second kappa shape index (κ2) is 4.37. The van der Waals surface area contributed by atoms with Crippen molar-refractivity contribution in [3.63, 3.8) is 0 Å². The van der Waals surface area contributed by atoms with Gasteiger partial charge in [-0.05, 0) is 31.9 Å². The first kappa shape index (κ1) is 11.3. The zero-order chi connectivity index (χ0) is 12.4. The first-order valence-electron chi connectivity index (χ1n) is 5.30. The monoisotopic (exact) mass is 230 g/mol. The van der Waals surface area contributed by atoms with Gasteiger partial charge in [0.15, 0.2) is 0 Å². The topological polar surface area (TPSA) is 63.3 Å². The molecule has 1 aromatic heterocycles. The molecule has 0 fully saturated rings. The van der Waals surface area contributed by atoms with E-state index < -0.39 is 0 Å². The van der Waals surface area contributed by atoms with Crippen LogP contribution in [0.4, 0.5) is 0 Å². The van der Waals surface area contributed by atoms with Gasteiger partial charge in [0.05, 0.1) is 12.4 Å². The highest BCUT2D eigenvalue weighted by molar-refractivity contribution is 6.01. The van der Waals surface area contributed by atoms with Crippen molar-refractivity contribution in [3.05, 3.63) is 46.8 Å². The van der Waals surface area contributed by atoms with Crippen molar-refractivity contribution in [1.82, 2.24) is 15.0 Å². The molecule has 5 nitrogen and oxygen atoms in total. The Labute approximate surface area is 99.4 Å². The molecule has 1 heterocycles. The van der Waals surface area contributed by atoms with Crippen LogP contribution < -0.4 is 0 Å². The second-order valence-electron chi connectivity index (χ2n) is 4.04. The molecule has 0 radical (unpaired) electrons. The highest BCUT2D eigenvalue weighted by atomic mass is 16.4. The van der Waals surface area contributed by atoms with Crippen LogP contribution in [0.3, 0.4) is 0 Å². The summed E-state index contributed by atoms with van der Waals surface area (Å²) >= 11 is 0. The number of hydrogen-bond donors (Lipinski definition) is 1. The molecule has 0 atom stereocenters. The van der Waals surface area contributed by atoms with Gasteiger partial charge >= 0.3 is 0 Å². The number of hydrogen-bond acceptors (Lipinski definition) is 4. The van der Waals surface area contributed by atoms with Crippen molar-refractivity contribution in [2.45, 2.75) is 20.8 Å². The Morgan fingerprint density at radius 3 is 2.35 bits per heavy atom. The third kappa shape index (κ3) is 2.04. The molecule has 0 bridgehead atoms. The van der Waals surface area contributed by atoms with E-state index in [0.29, 0.717) is 5.84 Å². The minimum Gasteiger partial charge on any atom is -0.409 e. The van der Waals surface area contributed by atoms with E-state index in [4.69, 9.17) is 5.21 Å². The van der Waals surface area contributed by atoms with Crippen molar-refractivity contribution in [2.24, 2.45) is 5.16 Å². The van der Waals surface area contributed by atoms with Crippen LogP contribution in [0, 0.1) is 20.8 Å². The van der Waals surface area contributed by atoms with Gasteiger partial charge < -0.3 is 5.21 Å². The fourth-order valence-electron chi connectivity index (χ4n) is 2.06. The Morgan fingerprint density at radius 1 is 1.24 bits per heavy atom. The molecule has 17 heavy (non-hydrogen) atoms. The normalized spacial score (nSPS) is 11.8. The lowest BCUT2D eigenvalue weighted by atomic mass is 9.99. The van der Waals surface area contributed by atoms with Gasteiger partial charge in [-0.25, -0.2) is 0 Å². The van der Waals surface area contributed by atoms with Crippen LogP contribution in [0.1, 0.15) is 22.3 Å². The van der Waals surface area contributed by atoms with E-state index in [1.807, 2.05) is 32.9 Å².